The highest BCUT2D eigenvalue weighted by Gasteiger charge is 2.11. The standard InChI is InChI=1S/C13H13ClN2OS/c1-9(6-10-3-5-18-8-10)16-13(17)12-7-11(14)2-4-15-12/h2-5,7-9H,6H2,1H3,(H,16,17). The lowest BCUT2D eigenvalue weighted by molar-refractivity contribution is 0.0935. The predicted octanol–water partition coefficient (Wildman–Crippen LogP) is 3.16. The first-order valence-corrected chi connectivity index (χ1v) is 6.90. The highest BCUT2D eigenvalue weighted by Crippen LogP contribution is 2.10. The molecule has 0 saturated carbocycles. The van der Waals surface area contributed by atoms with Crippen molar-refractivity contribution in [1.82, 2.24) is 10.3 Å². The Morgan fingerprint density at radius 3 is 3.06 bits per heavy atom. The molecule has 1 N–H and O–H groups in total. The molecular weight excluding hydrogens is 268 g/mol. The Morgan fingerprint density at radius 1 is 1.56 bits per heavy atom. The first-order chi connectivity index (χ1) is 8.65. The van der Waals surface area contributed by atoms with E-state index in [0.717, 1.165) is 6.42 Å². The third-order valence-electron chi connectivity index (χ3n) is 2.45. The summed E-state index contributed by atoms with van der Waals surface area (Å²) in [6.07, 6.45) is 2.34. The van der Waals surface area contributed by atoms with Crippen LogP contribution in [0.4, 0.5) is 0 Å². The van der Waals surface area contributed by atoms with Gasteiger partial charge in [-0.05, 0) is 47.9 Å². The van der Waals surface area contributed by atoms with E-state index in [2.05, 4.69) is 21.7 Å². The molecule has 3 nitrogen and oxygen atoms in total. The SMILES string of the molecule is CC(Cc1ccsc1)NC(=O)c1cc(Cl)ccn1. The van der Waals surface area contributed by atoms with Gasteiger partial charge in [0.1, 0.15) is 5.69 Å². The predicted molar refractivity (Wildman–Crippen MR) is 74.2 cm³/mol. The van der Waals surface area contributed by atoms with Gasteiger partial charge in [0.05, 0.1) is 0 Å². The van der Waals surface area contributed by atoms with Crippen molar-refractivity contribution in [2.24, 2.45) is 0 Å². The number of amides is 1. The maximum absolute atomic E-state index is 11.9. The zero-order chi connectivity index (χ0) is 13.0. The van der Waals surface area contributed by atoms with Crippen LogP contribution in [0.1, 0.15) is 23.0 Å². The van der Waals surface area contributed by atoms with E-state index in [1.165, 1.54) is 11.8 Å². The molecule has 2 heterocycles. The van der Waals surface area contributed by atoms with Gasteiger partial charge < -0.3 is 5.32 Å². The molecule has 0 aliphatic heterocycles. The Bertz CT molecular complexity index is 528. The van der Waals surface area contributed by atoms with Gasteiger partial charge in [-0.3, -0.25) is 9.78 Å². The first-order valence-electron chi connectivity index (χ1n) is 5.58. The van der Waals surface area contributed by atoms with E-state index in [-0.39, 0.29) is 11.9 Å². The van der Waals surface area contributed by atoms with E-state index in [0.29, 0.717) is 10.7 Å². The second-order valence-corrected chi connectivity index (χ2v) is 5.29. The van der Waals surface area contributed by atoms with Crippen molar-refractivity contribution in [2.45, 2.75) is 19.4 Å². The monoisotopic (exact) mass is 280 g/mol. The van der Waals surface area contributed by atoms with Crippen LogP contribution in [-0.2, 0) is 6.42 Å². The van der Waals surface area contributed by atoms with Gasteiger partial charge in [-0.25, -0.2) is 0 Å². The van der Waals surface area contributed by atoms with Crippen molar-refractivity contribution in [3.05, 3.63) is 51.4 Å². The molecule has 0 fully saturated rings. The maximum Gasteiger partial charge on any atom is 0.270 e. The topological polar surface area (TPSA) is 42.0 Å². The molecule has 0 bridgehead atoms. The number of nitrogens with one attached hydrogen (secondary N) is 1. The smallest absolute Gasteiger partial charge is 0.270 e. The van der Waals surface area contributed by atoms with Crippen LogP contribution in [0.3, 0.4) is 0 Å². The molecule has 0 radical (unpaired) electrons. The molecule has 94 valence electrons. The molecule has 1 atom stereocenters. The summed E-state index contributed by atoms with van der Waals surface area (Å²) >= 11 is 7.48. The van der Waals surface area contributed by atoms with Gasteiger partial charge in [-0.1, -0.05) is 11.6 Å². The molecule has 0 saturated heterocycles. The van der Waals surface area contributed by atoms with Crippen LogP contribution < -0.4 is 5.32 Å². The van der Waals surface area contributed by atoms with Crippen LogP contribution in [0, 0.1) is 0 Å². The van der Waals surface area contributed by atoms with Gasteiger partial charge in [0.2, 0.25) is 0 Å². The van der Waals surface area contributed by atoms with E-state index in [9.17, 15) is 4.79 Å². The molecule has 2 rings (SSSR count). The summed E-state index contributed by atoms with van der Waals surface area (Å²) in [5, 5.41) is 7.53. The van der Waals surface area contributed by atoms with E-state index >= 15 is 0 Å². The lowest BCUT2D eigenvalue weighted by atomic mass is 10.1. The number of pyridine rings is 1. The van der Waals surface area contributed by atoms with E-state index in [1.807, 2.05) is 12.3 Å². The number of carbonyl (C=O) groups excluding carboxylic acids is 1. The van der Waals surface area contributed by atoms with Crippen LogP contribution in [-0.4, -0.2) is 16.9 Å². The molecular formula is C13H13ClN2OS. The molecule has 2 aromatic rings. The minimum Gasteiger partial charge on any atom is -0.348 e. The van der Waals surface area contributed by atoms with Gasteiger partial charge in [0.25, 0.3) is 5.91 Å². The zero-order valence-electron chi connectivity index (χ0n) is 9.89. The molecule has 0 spiro atoms. The van der Waals surface area contributed by atoms with E-state index in [4.69, 9.17) is 11.6 Å². The Balaban J connectivity index is 1.95. The number of rotatable bonds is 4. The van der Waals surface area contributed by atoms with E-state index in [1.54, 1.807) is 23.5 Å². The van der Waals surface area contributed by atoms with Crippen LogP contribution in [0.15, 0.2) is 35.2 Å². The maximum atomic E-state index is 11.9. The molecule has 0 aliphatic rings. The van der Waals surface area contributed by atoms with Crippen molar-refractivity contribution in [3.8, 4) is 0 Å². The molecule has 2 aromatic heterocycles. The van der Waals surface area contributed by atoms with E-state index < -0.39 is 0 Å². The normalized spacial score (nSPS) is 12.1. The molecule has 1 unspecified atom stereocenters. The fourth-order valence-electron chi connectivity index (χ4n) is 1.64. The van der Waals surface area contributed by atoms with Crippen LogP contribution in [0.2, 0.25) is 5.02 Å². The summed E-state index contributed by atoms with van der Waals surface area (Å²) in [4.78, 5) is 15.9. The molecule has 1 amide bonds. The minimum absolute atomic E-state index is 0.0629. The summed E-state index contributed by atoms with van der Waals surface area (Å²) in [5.41, 5.74) is 1.58. The van der Waals surface area contributed by atoms with Crippen molar-refractivity contribution >= 4 is 28.8 Å². The van der Waals surface area contributed by atoms with Crippen molar-refractivity contribution < 1.29 is 4.79 Å². The number of hydrogen-bond donors (Lipinski definition) is 1. The lowest BCUT2D eigenvalue weighted by Gasteiger charge is -2.12. The summed E-state index contributed by atoms with van der Waals surface area (Å²) in [7, 11) is 0. The number of aromatic nitrogens is 1. The second-order valence-electron chi connectivity index (χ2n) is 4.07. The Hall–Kier alpha value is -1.39. The molecule has 18 heavy (non-hydrogen) atoms. The Morgan fingerprint density at radius 2 is 2.39 bits per heavy atom. The van der Waals surface area contributed by atoms with Gasteiger partial charge >= 0.3 is 0 Å². The fourth-order valence-corrected chi connectivity index (χ4v) is 2.48. The number of carbonyl (C=O) groups is 1. The van der Waals surface area contributed by atoms with Gasteiger partial charge in [-0.15, -0.1) is 0 Å². The summed E-state index contributed by atoms with van der Waals surface area (Å²) in [6.45, 7) is 1.97. The minimum atomic E-state index is -0.194. The van der Waals surface area contributed by atoms with Gasteiger partial charge in [-0.2, -0.15) is 11.3 Å². The summed E-state index contributed by atoms with van der Waals surface area (Å²) in [5.74, 6) is -0.194. The average molecular weight is 281 g/mol. The molecule has 0 aromatic carbocycles. The lowest BCUT2D eigenvalue weighted by Crippen LogP contribution is -2.34. The number of nitrogens with zero attached hydrogens (tertiary/aromatic N) is 1. The summed E-state index contributed by atoms with van der Waals surface area (Å²) < 4.78 is 0. The Kier molecular flexibility index (Phi) is 4.33. The average Bonchev–Trinajstić information content (AvgIpc) is 2.81. The third kappa shape index (κ3) is 3.55. The van der Waals surface area contributed by atoms with Crippen LogP contribution in [0.5, 0.6) is 0 Å². The van der Waals surface area contributed by atoms with Crippen molar-refractivity contribution in [1.29, 1.82) is 0 Å². The third-order valence-corrected chi connectivity index (χ3v) is 3.42. The van der Waals surface area contributed by atoms with Crippen LogP contribution >= 0.6 is 22.9 Å². The quantitative estimate of drug-likeness (QED) is 0.935. The van der Waals surface area contributed by atoms with Gasteiger partial charge in [0.15, 0.2) is 0 Å². The molecule has 5 heteroatoms. The second kappa shape index (κ2) is 5.98. The first kappa shape index (κ1) is 13.1. The number of thiophene rings is 1. The Labute approximate surface area is 115 Å². The van der Waals surface area contributed by atoms with Crippen molar-refractivity contribution in [2.75, 3.05) is 0 Å². The molecule has 0 aliphatic carbocycles. The van der Waals surface area contributed by atoms with Crippen LogP contribution in [0.25, 0.3) is 0 Å². The largest absolute Gasteiger partial charge is 0.348 e. The zero-order valence-corrected chi connectivity index (χ0v) is 11.5. The highest BCUT2D eigenvalue weighted by atomic mass is 35.5. The van der Waals surface area contributed by atoms with Crippen molar-refractivity contribution in [3.63, 3.8) is 0 Å². The fraction of sp³-hybridized carbons (Fsp3) is 0.231. The summed E-state index contributed by atoms with van der Waals surface area (Å²) in [6, 6.07) is 5.33. The number of halogens is 1. The number of hydrogen-bond acceptors (Lipinski definition) is 3. The van der Waals surface area contributed by atoms with Gasteiger partial charge in [0, 0.05) is 17.3 Å². The highest BCUT2D eigenvalue weighted by molar-refractivity contribution is 7.07.